The van der Waals surface area contributed by atoms with E-state index in [1.54, 1.807) is 0 Å². The number of hydrogen-bond acceptors (Lipinski definition) is 2. The molecule has 0 aromatic carbocycles. The van der Waals surface area contributed by atoms with Gasteiger partial charge in [0.1, 0.15) is 0 Å². The van der Waals surface area contributed by atoms with E-state index in [9.17, 15) is 0 Å². The van der Waals surface area contributed by atoms with E-state index in [0.717, 1.165) is 12.8 Å². The summed E-state index contributed by atoms with van der Waals surface area (Å²) in [7, 11) is 0. The van der Waals surface area contributed by atoms with E-state index in [0.29, 0.717) is 0 Å². The molecule has 1 saturated heterocycles. The topological polar surface area (TPSA) is 29.5 Å². The summed E-state index contributed by atoms with van der Waals surface area (Å²) >= 11 is 0. The minimum Gasteiger partial charge on any atom is -0.394 e. The second-order valence-electron chi connectivity index (χ2n) is 3.69. The van der Waals surface area contributed by atoms with E-state index in [1.165, 1.54) is 11.1 Å². The second kappa shape index (κ2) is 4.06. The molecule has 2 unspecified atom stereocenters. The van der Waals surface area contributed by atoms with Crippen LogP contribution in [0.3, 0.4) is 0 Å². The van der Waals surface area contributed by atoms with Crippen LogP contribution in [-0.2, 0) is 4.74 Å². The smallest absolute Gasteiger partial charge is 0.0815 e. The van der Waals surface area contributed by atoms with Gasteiger partial charge >= 0.3 is 0 Å². The van der Waals surface area contributed by atoms with Crippen molar-refractivity contribution in [2.45, 2.75) is 45.8 Å². The molecule has 1 rings (SSSR count). The molecule has 1 heterocycles. The SMILES string of the molecule is CC(C)=C(C)C1CCC(CO)O1. The minimum atomic E-state index is 0.0734. The van der Waals surface area contributed by atoms with Gasteiger partial charge in [0.25, 0.3) is 0 Å². The summed E-state index contributed by atoms with van der Waals surface area (Å²) in [6.07, 6.45) is 2.38. The Morgan fingerprint density at radius 2 is 2.00 bits per heavy atom. The predicted octanol–water partition coefficient (Wildman–Crippen LogP) is 1.88. The molecule has 2 heteroatoms. The van der Waals surface area contributed by atoms with E-state index >= 15 is 0 Å². The number of rotatable bonds is 2. The minimum absolute atomic E-state index is 0.0734. The highest BCUT2D eigenvalue weighted by Gasteiger charge is 2.25. The van der Waals surface area contributed by atoms with Crippen LogP contribution in [-0.4, -0.2) is 23.9 Å². The van der Waals surface area contributed by atoms with Gasteiger partial charge in [-0.2, -0.15) is 0 Å². The predicted molar refractivity (Wildman–Crippen MR) is 49.0 cm³/mol. The Morgan fingerprint density at radius 3 is 2.42 bits per heavy atom. The first kappa shape index (κ1) is 9.75. The number of ether oxygens (including phenoxy) is 1. The third-order valence-electron chi connectivity index (χ3n) is 2.58. The number of aliphatic hydroxyl groups is 1. The number of hydrogen-bond donors (Lipinski definition) is 1. The van der Waals surface area contributed by atoms with Crippen LogP contribution >= 0.6 is 0 Å². The maximum absolute atomic E-state index is 8.86. The molecule has 2 nitrogen and oxygen atoms in total. The zero-order valence-electron chi connectivity index (χ0n) is 8.13. The molecule has 0 aromatic rings. The number of allylic oxidation sites excluding steroid dienone is 1. The van der Waals surface area contributed by atoms with E-state index < -0.39 is 0 Å². The monoisotopic (exact) mass is 170 g/mol. The fourth-order valence-corrected chi connectivity index (χ4v) is 1.48. The Hall–Kier alpha value is -0.340. The third-order valence-corrected chi connectivity index (χ3v) is 2.58. The highest BCUT2D eigenvalue weighted by molar-refractivity contribution is 5.13. The Morgan fingerprint density at radius 1 is 1.33 bits per heavy atom. The molecular weight excluding hydrogens is 152 g/mol. The summed E-state index contributed by atoms with van der Waals surface area (Å²) in [4.78, 5) is 0. The van der Waals surface area contributed by atoms with Crippen molar-refractivity contribution in [2.24, 2.45) is 0 Å². The van der Waals surface area contributed by atoms with Crippen molar-refractivity contribution in [2.75, 3.05) is 6.61 Å². The summed E-state index contributed by atoms with van der Waals surface area (Å²) in [6.45, 7) is 6.47. The molecule has 1 aliphatic rings. The summed E-state index contributed by atoms with van der Waals surface area (Å²) in [6, 6.07) is 0. The Balaban J connectivity index is 2.52. The first-order valence-electron chi connectivity index (χ1n) is 4.55. The van der Waals surface area contributed by atoms with E-state index in [-0.39, 0.29) is 18.8 Å². The molecule has 0 spiro atoms. The van der Waals surface area contributed by atoms with Crippen molar-refractivity contribution in [3.63, 3.8) is 0 Å². The molecule has 0 aliphatic carbocycles. The molecule has 0 radical (unpaired) electrons. The normalized spacial score (nSPS) is 29.0. The van der Waals surface area contributed by atoms with Crippen LogP contribution in [0.1, 0.15) is 33.6 Å². The summed E-state index contributed by atoms with van der Waals surface area (Å²) < 4.78 is 5.63. The lowest BCUT2D eigenvalue weighted by Gasteiger charge is -2.14. The maximum atomic E-state index is 8.86. The molecule has 0 bridgehead atoms. The fourth-order valence-electron chi connectivity index (χ4n) is 1.48. The second-order valence-corrected chi connectivity index (χ2v) is 3.69. The van der Waals surface area contributed by atoms with Crippen molar-refractivity contribution in [1.29, 1.82) is 0 Å². The van der Waals surface area contributed by atoms with Gasteiger partial charge in [-0.1, -0.05) is 5.57 Å². The largest absolute Gasteiger partial charge is 0.394 e. The molecule has 2 atom stereocenters. The summed E-state index contributed by atoms with van der Waals surface area (Å²) in [5.74, 6) is 0. The molecule has 12 heavy (non-hydrogen) atoms. The summed E-state index contributed by atoms with van der Waals surface area (Å²) in [5, 5.41) is 8.86. The van der Waals surface area contributed by atoms with Crippen LogP contribution < -0.4 is 0 Å². The van der Waals surface area contributed by atoms with Gasteiger partial charge in [-0.25, -0.2) is 0 Å². The molecule has 0 saturated carbocycles. The molecular formula is C10H18O2. The molecule has 0 amide bonds. The Kier molecular flexibility index (Phi) is 3.29. The van der Waals surface area contributed by atoms with E-state index in [2.05, 4.69) is 20.8 Å². The van der Waals surface area contributed by atoms with Gasteiger partial charge in [0.05, 0.1) is 18.8 Å². The highest BCUT2D eigenvalue weighted by atomic mass is 16.5. The molecule has 1 aliphatic heterocycles. The van der Waals surface area contributed by atoms with Crippen LogP contribution in [0.2, 0.25) is 0 Å². The fraction of sp³-hybridized carbons (Fsp3) is 0.800. The lowest BCUT2D eigenvalue weighted by molar-refractivity contribution is 0.0263. The first-order valence-corrected chi connectivity index (χ1v) is 4.55. The van der Waals surface area contributed by atoms with Crippen molar-refractivity contribution in [3.8, 4) is 0 Å². The van der Waals surface area contributed by atoms with Crippen molar-refractivity contribution in [3.05, 3.63) is 11.1 Å². The van der Waals surface area contributed by atoms with E-state index in [4.69, 9.17) is 9.84 Å². The first-order chi connectivity index (χ1) is 5.65. The molecule has 0 aromatic heterocycles. The van der Waals surface area contributed by atoms with Gasteiger partial charge < -0.3 is 9.84 Å². The van der Waals surface area contributed by atoms with Crippen LogP contribution in [0.5, 0.6) is 0 Å². The van der Waals surface area contributed by atoms with Gasteiger partial charge in [-0.15, -0.1) is 0 Å². The van der Waals surface area contributed by atoms with Crippen LogP contribution in [0.4, 0.5) is 0 Å². The molecule has 1 fully saturated rings. The van der Waals surface area contributed by atoms with Gasteiger partial charge in [0, 0.05) is 0 Å². The van der Waals surface area contributed by atoms with Crippen molar-refractivity contribution >= 4 is 0 Å². The van der Waals surface area contributed by atoms with Crippen molar-refractivity contribution in [1.82, 2.24) is 0 Å². The average Bonchev–Trinajstić information content (AvgIpc) is 2.50. The van der Waals surface area contributed by atoms with Crippen LogP contribution in [0.25, 0.3) is 0 Å². The standard InChI is InChI=1S/C10H18O2/c1-7(2)8(3)10-5-4-9(6-11)12-10/h9-11H,4-6H2,1-3H3. The van der Waals surface area contributed by atoms with E-state index in [1.807, 2.05) is 0 Å². The number of aliphatic hydroxyl groups excluding tert-OH is 1. The van der Waals surface area contributed by atoms with Gasteiger partial charge in [-0.3, -0.25) is 0 Å². The maximum Gasteiger partial charge on any atom is 0.0815 e. The quantitative estimate of drug-likeness (QED) is 0.641. The lowest BCUT2D eigenvalue weighted by atomic mass is 10.0. The average molecular weight is 170 g/mol. The van der Waals surface area contributed by atoms with Crippen molar-refractivity contribution < 1.29 is 9.84 Å². The lowest BCUT2D eigenvalue weighted by Crippen LogP contribution is -2.15. The third kappa shape index (κ3) is 2.08. The van der Waals surface area contributed by atoms with Gasteiger partial charge in [-0.05, 0) is 39.2 Å². The zero-order chi connectivity index (χ0) is 9.14. The Labute approximate surface area is 74.2 Å². The molecule has 70 valence electrons. The van der Waals surface area contributed by atoms with Gasteiger partial charge in [0.15, 0.2) is 0 Å². The zero-order valence-corrected chi connectivity index (χ0v) is 8.13. The van der Waals surface area contributed by atoms with Crippen LogP contribution in [0.15, 0.2) is 11.1 Å². The molecule has 1 N–H and O–H groups in total. The Bertz CT molecular complexity index is 180. The highest BCUT2D eigenvalue weighted by Crippen LogP contribution is 2.26. The van der Waals surface area contributed by atoms with Crippen LogP contribution in [0, 0.1) is 0 Å². The van der Waals surface area contributed by atoms with Gasteiger partial charge in [0.2, 0.25) is 0 Å². The summed E-state index contributed by atoms with van der Waals surface area (Å²) in [5.41, 5.74) is 2.66.